The van der Waals surface area contributed by atoms with Crippen molar-refractivity contribution in [2.75, 3.05) is 13.1 Å². The first kappa shape index (κ1) is 19.7. The molecular formula is C13H16Cl3N3OS2. The fraction of sp³-hybridized carbons (Fsp3) is 0.385. The Kier molecular flexibility index (Phi) is 8.10. The number of hydrogen-bond acceptors (Lipinski definition) is 5. The summed E-state index contributed by atoms with van der Waals surface area (Å²) in [5.74, 6) is -0.0937. The second-order valence-electron chi connectivity index (χ2n) is 4.66. The molecule has 1 aliphatic rings. The average Bonchev–Trinajstić information content (AvgIpc) is 3.08. The van der Waals surface area contributed by atoms with Crippen molar-refractivity contribution in [3.8, 4) is 9.88 Å². The smallest absolute Gasteiger partial charge is 0.271 e. The second-order valence-corrected chi connectivity index (χ2v) is 7.23. The van der Waals surface area contributed by atoms with E-state index in [9.17, 15) is 4.79 Å². The molecule has 1 fully saturated rings. The summed E-state index contributed by atoms with van der Waals surface area (Å²) in [7, 11) is 0. The van der Waals surface area contributed by atoms with E-state index in [2.05, 4.69) is 15.6 Å². The monoisotopic (exact) mass is 399 g/mol. The average molecular weight is 401 g/mol. The fourth-order valence-corrected chi connectivity index (χ4v) is 4.07. The summed E-state index contributed by atoms with van der Waals surface area (Å²) in [5, 5.41) is 8.95. The van der Waals surface area contributed by atoms with Gasteiger partial charge in [0, 0.05) is 18.0 Å². The third-order valence-electron chi connectivity index (χ3n) is 3.15. The largest absolute Gasteiger partial charge is 0.347 e. The molecule has 122 valence electrons. The van der Waals surface area contributed by atoms with Gasteiger partial charge in [0.05, 0.1) is 9.21 Å². The van der Waals surface area contributed by atoms with Gasteiger partial charge in [-0.05, 0) is 31.5 Å². The van der Waals surface area contributed by atoms with E-state index in [1.54, 1.807) is 5.38 Å². The Morgan fingerprint density at radius 2 is 2.23 bits per heavy atom. The van der Waals surface area contributed by atoms with Crippen LogP contribution >= 0.6 is 59.1 Å². The van der Waals surface area contributed by atoms with Crippen LogP contribution in [0.15, 0.2) is 17.5 Å². The molecule has 22 heavy (non-hydrogen) atoms. The Balaban J connectivity index is 0.00000121. The van der Waals surface area contributed by atoms with Crippen LogP contribution in [0.1, 0.15) is 23.3 Å². The summed E-state index contributed by atoms with van der Waals surface area (Å²) in [6.45, 7) is 1.87. The molecule has 0 spiro atoms. The van der Waals surface area contributed by atoms with Gasteiger partial charge in [-0.1, -0.05) is 11.6 Å². The van der Waals surface area contributed by atoms with E-state index in [-0.39, 0.29) is 36.8 Å². The molecule has 3 heterocycles. The minimum absolute atomic E-state index is 0. The number of nitrogens with zero attached hydrogens (tertiary/aromatic N) is 1. The Morgan fingerprint density at radius 3 is 2.86 bits per heavy atom. The summed E-state index contributed by atoms with van der Waals surface area (Å²) < 4.78 is 0.731. The van der Waals surface area contributed by atoms with Gasteiger partial charge < -0.3 is 10.6 Å². The highest BCUT2D eigenvalue weighted by atomic mass is 35.5. The normalized spacial score (nSPS) is 17.2. The third-order valence-corrected chi connectivity index (χ3v) is 5.40. The molecule has 1 atom stereocenters. The number of nitrogens with one attached hydrogen (secondary N) is 2. The van der Waals surface area contributed by atoms with Crippen LogP contribution in [0.5, 0.6) is 0 Å². The van der Waals surface area contributed by atoms with Gasteiger partial charge in [0.2, 0.25) is 0 Å². The molecule has 2 aromatic heterocycles. The minimum Gasteiger partial charge on any atom is -0.347 e. The number of halogens is 3. The van der Waals surface area contributed by atoms with Gasteiger partial charge in [-0.15, -0.1) is 47.5 Å². The quantitative estimate of drug-likeness (QED) is 0.823. The fourth-order valence-electron chi connectivity index (χ4n) is 2.15. The lowest BCUT2D eigenvalue weighted by molar-refractivity contribution is 0.0926. The van der Waals surface area contributed by atoms with Gasteiger partial charge in [0.1, 0.15) is 10.7 Å². The van der Waals surface area contributed by atoms with Crippen molar-refractivity contribution < 1.29 is 4.79 Å². The number of carbonyl (C=O) groups is 1. The maximum Gasteiger partial charge on any atom is 0.271 e. The first-order valence-corrected chi connectivity index (χ1v) is 8.52. The van der Waals surface area contributed by atoms with Gasteiger partial charge >= 0.3 is 0 Å². The summed E-state index contributed by atoms with van der Waals surface area (Å²) >= 11 is 8.86. The van der Waals surface area contributed by atoms with E-state index in [0.717, 1.165) is 40.2 Å². The van der Waals surface area contributed by atoms with Crippen LogP contribution < -0.4 is 10.6 Å². The lowest BCUT2D eigenvalue weighted by Gasteiger charge is -2.23. The van der Waals surface area contributed by atoms with Crippen molar-refractivity contribution in [1.82, 2.24) is 15.6 Å². The van der Waals surface area contributed by atoms with Gasteiger partial charge in [-0.3, -0.25) is 4.79 Å². The minimum atomic E-state index is -0.0937. The number of carbonyl (C=O) groups excluding carboxylic acids is 1. The van der Waals surface area contributed by atoms with Gasteiger partial charge in [0.15, 0.2) is 0 Å². The first-order valence-electron chi connectivity index (χ1n) is 6.45. The molecule has 0 unspecified atom stereocenters. The van der Waals surface area contributed by atoms with E-state index in [1.807, 2.05) is 12.1 Å². The van der Waals surface area contributed by atoms with E-state index in [1.165, 1.54) is 22.7 Å². The number of aromatic nitrogens is 1. The van der Waals surface area contributed by atoms with Crippen molar-refractivity contribution in [3.05, 3.63) is 27.5 Å². The molecule has 0 bridgehead atoms. The Hall–Kier alpha value is -0.370. The van der Waals surface area contributed by atoms with Crippen molar-refractivity contribution >= 4 is 65.0 Å². The molecule has 0 radical (unpaired) electrons. The highest BCUT2D eigenvalue weighted by Crippen LogP contribution is 2.32. The van der Waals surface area contributed by atoms with Crippen molar-refractivity contribution in [1.29, 1.82) is 0 Å². The maximum atomic E-state index is 12.1. The number of thiophene rings is 1. The molecule has 3 rings (SSSR count). The van der Waals surface area contributed by atoms with Crippen molar-refractivity contribution in [2.45, 2.75) is 18.9 Å². The van der Waals surface area contributed by atoms with E-state index < -0.39 is 0 Å². The van der Waals surface area contributed by atoms with Crippen LogP contribution in [0.2, 0.25) is 4.34 Å². The second kappa shape index (κ2) is 9.05. The molecule has 0 aromatic carbocycles. The Bertz CT molecular complexity index is 611. The zero-order valence-electron chi connectivity index (χ0n) is 11.5. The molecule has 0 aliphatic carbocycles. The van der Waals surface area contributed by atoms with Crippen molar-refractivity contribution in [2.24, 2.45) is 0 Å². The zero-order valence-corrected chi connectivity index (χ0v) is 15.5. The first-order chi connectivity index (χ1) is 9.72. The number of rotatable bonds is 3. The summed E-state index contributed by atoms with van der Waals surface area (Å²) in [6, 6.07) is 3.98. The molecule has 4 nitrogen and oxygen atoms in total. The highest BCUT2D eigenvalue weighted by molar-refractivity contribution is 7.23. The molecule has 1 saturated heterocycles. The number of hydrogen-bond donors (Lipinski definition) is 2. The predicted octanol–water partition coefficient (Wildman–Crippen LogP) is 3.85. The van der Waals surface area contributed by atoms with Crippen LogP contribution in [0, 0.1) is 0 Å². The summed E-state index contributed by atoms with van der Waals surface area (Å²) in [4.78, 5) is 17.5. The van der Waals surface area contributed by atoms with Crippen molar-refractivity contribution in [3.63, 3.8) is 0 Å². The van der Waals surface area contributed by atoms with Crippen LogP contribution in [0.25, 0.3) is 9.88 Å². The standard InChI is InChI=1S/C13H14ClN3OS2.2ClH/c14-11-4-3-10(20-11)13-17-9(7-19-13)12(18)16-8-2-1-5-15-6-8;;/h3-4,7-8,15H,1-2,5-6H2,(H,16,18);2*1H/t8-;;/m0../s1. The van der Waals surface area contributed by atoms with Crippen LogP contribution in [0.4, 0.5) is 0 Å². The van der Waals surface area contributed by atoms with E-state index >= 15 is 0 Å². The molecule has 2 aromatic rings. The molecule has 2 N–H and O–H groups in total. The van der Waals surface area contributed by atoms with Crippen LogP contribution in [-0.4, -0.2) is 30.0 Å². The topological polar surface area (TPSA) is 54.0 Å². The summed E-state index contributed by atoms with van der Waals surface area (Å²) in [6.07, 6.45) is 2.12. The van der Waals surface area contributed by atoms with Gasteiger partial charge in [-0.25, -0.2) is 4.98 Å². The maximum absolute atomic E-state index is 12.1. The SMILES string of the molecule is Cl.Cl.O=C(N[C@H]1CCCNC1)c1csc(-c2ccc(Cl)s2)n1. The third kappa shape index (κ3) is 4.81. The van der Waals surface area contributed by atoms with Crippen LogP contribution in [0.3, 0.4) is 0 Å². The Morgan fingerprint density at radius 1 is 1.41 bits per heavy atom. The molecule has 1 amide bonds. The molecular weight excluding hydrogens is 385 g/mol. The lowest BCUT2D eigenvalue weighted by atomic mass is 10.1. The van der Waals surface area contributed by atoms with Gasteiger partial charge in [0.25, 0.3) is 5.91 Å². The van der Waals surface area contributed by atoms with E-state index in [0.29, 0.717) is 5.69 Å². The molecule has 1 aliphatic heterocycles. The Labute approximate surface area is 154 Å². The predicted molar refractivity (Wildman–Crippen MR) is 98.3 cm³/mol. The number of amides is 1. The summed E-state index contributed by atoms with van der Waals surface area (Å²) in [5.41, 5.74) is 0.486. The van der Waals surface area contributed by atoms with E-state index in [4.69, 9.17) is 11.6 Å². The van der Waals surface area contributed by atoms with Gasteiger partial charge in [-0.2, -0.15) is 0 Å². The number of piperidine rings is 1. The molecule has 9 heteroatoms. The lowest BCUT2D eigenvalue weighted by Crippen LogP contribution is -2.45. The molecule has 0 saturated carbocycles. The number of thiazole rings is 1. The van der Waals surface area contributed by atoms with Crippen LogP contribution in [-0.2, 0) is 0 Å². The zero-order chi connectivity index (χ0) is 13.9. The highest BCUT2D eigenvalue weighted by Gasteiger charge is 2.18.